The summed E-state index contributed by atoms with van der Waals surface area (Å²) in [6.07, 6.45) is 11.2. The highest BCUT2D eigenvalue weighted by atomic mass is 32.2. The van der Waals surface area contributed by atoms with Crippen LogP contribution in [0.3, 0.4) is 0 Å². The maximum atomic E-state index is 11.7. The molecule has 1 aliphatic heterocycles. The Balaban J connectivity index is 0.00000294. The zero-order valence-electron chi connectivity index (χ0n) is 21.0. The summed E-state index contributed by atoms with van der Waals surface area (Å²) >= 11 is -2.69. The number of hydrogen-bond acceptors (Lipinski definition) is 8. The summed E-state index contributed by atoms with van der Waals surface area (Å²) in [5.74, 6) is 0.617. The molecule has 0 saturated carbocycles. The van der Waals surface area contributed by atoms with Crippen LogP contribution in [0.15, 0.2) is 78.2 Å². The number of ether oxygens (including phenoxy) is 1. The summed E-state index contributed by atoms with van der Waals surface area (Å²) in [5.41, 5.74) is 4.23. The van der Waals surface area contributed by atoms with Crippen LogP contribution in [-0.2, 0) is 15.3 Å². The molecule has 6 rings (SSSR count). The standard InChI is InChI=1S/C28H27N5O3S.H3N/c34-37(35)26-10-9-23(22-6-2-3-7-24(22)26)25-18-31-33-19-21(17-30-28(25)33)20-8-11-27(29-16-20)36-15-14-32-12-4-1-5-13-32;/h2-3,6-11,16-19,37H,1,4-5,12-15H2;1H3. The van der Waals surface area contributed by atoms with Crippen LogP contribution in [0.2, 0.25) is 0 Å². The number of hydrogen-bond donors (Lipinski definition) is 1. The monoisotopic (exact) mass is 530 g/mol. The number of rotatable bonds is 7. The Labute approximate surface area is 223 Å². The van der Waals surface area contributed by atoms with Crippen molar-refractivity contribution in [2.24, 2.45) is 0 Å². The molecule has 10 heteroatoms. The van der Waals surface area contributed by atoms with Gasteiger partial charge in [-0.15, -0.1) is 4.21 Å². The molecule has 2 aromatic carbocycles. The van der Waals surface area contributed by atoms with E-state index in [0.29, 0.717) is 28.4 Å². The van der Waals surface area contributed by atoms with E-state index in [0.717, 1.165) is 47.3 Å². The van der Waals surface area contributed by atoms with Gasteiger partial charge in [-0.05, 0) is 61.1 Å². The second kappa shape index (κ2) is 11.4. The topological polar surface area (TPSA) is 131 Å². The van der Waals surface area contributed by atoms with E-state index in [4.69, 9.17) is 9.72 Å². The predicted molar refractivity (Wildman–Crippen MR) is 148 cm³/mol. The molecule has 9 nitrogen and oxygen atoms in total. The van der Waals surface area contributed by atoms with E-state index in [1.165, 1.54) is 19.3 Å². The molecular formula is C28H30N6O3S. The first-order valence-corrected chi connectivity index (χ1v) is 13.7. The third-order valence-corrected chi connectivity index (χ3v) is 7.70. The van der Waals surface area contributed by atoms with E-state index in [2.05, 4.69) is 15.0 Å². The lowest BCUT2D eigenvalue weighted by Gasteiger charge is -2.26. The molecule has 0 bridgehead atoms. The highest BCUT2D eigenvalue weighted by Gasteiger charge is 2.16. The fourth-order valence-corrected chi connectivity index (χ4v) is 5.58. The van der Waals surface area contributed by atoms with Crippen LogP contribution in [0.4, 0.5) is 0 Å². The Bertz CT molecular complexity index is 1580. The van der Waals surface area contributed by atoms with E-state index in [-0.39, 0.29) is 6.15 Å². The molecule has 196 valence electrons. The van der Waals surface area contributed by atoms with Gasteiger partial charge >= 0.3 is 0 Å². The van der Waals surface area contributed by atoms with E-state index < -0.39 is 11.1 Å². The van der Waals surface area contributed by atoms with Gasteiger partial charge in [-0.2, -0.15) is 5.10 Å². The molecule has 4 heterocycles. The van der Waals surface area contributed by atoms with Crippen molar-refractivity contribution in [1.82, 2.24) is 30.6 Å². The summed E-state index contributed by atoms with van der Waals surface area (Å²) in [6.45, 7) is 3.88. The number of fused-ring (bicyclic) bond motifs is 2. The lowest BCUT2D eigenvalue weighted by atomic mass is 10.00. The Kier molecular flexibility index (Phi) is 7.75. The molecule has 3 N–H and O–H groups in total. The Hall–Kier alpha value is -3.70. The lowest BCUT2D eigenvalue weighted by Crippen LogP contribution is -2.33. The molecule has 1 atom stereocenters. The van der Waals surface area contributed by atoms with Gasteiger partial charge in [-0.1, -0.05) is 24.6 Å². The maximum absolute atomic E-state index is 11.7. The van der Waals surface area contributed by atoms with E-state index in [9.17, 15) is 8.76 Å². The van der Waals surface area contributed by atoms with Crippen LogP contribution in [-0.4, -0.2) is 55.3 Å². The third-order valence-electron chi connectivity index (χ3n) is 6.92. The van der Waals surface area contributed by atoms with Gasteiger partial charge in [0.2, 0.25) is 5.88 Å². The Morgan fingerprint density at radius 1 is 0.868 bits per heavy atom. The second-order valence-corrected chi connectivity index (χ2v) is 10.2. The first kappa shape index (κ1) is 25.9. The van der Waals surface area contributed by atoms with Crippen molar-refractivity contribution < 1.29 is 13.5 Å². The molecule has 1 unspecified atom stereocenters. The van der Waals surface area contributed by atoms with Crippen molar-refractivity contribution in [3.8, 4) is 28.1 Å². The van der Waals surface area contributed by atoms with Crippen LogP contribution >= 0.6 is 0 Å². The van der Waals surface area contributed by atoms with Crippen molar-refractivity contribution in [3.63, 3.8) is 0 Å². The van der Waals surface area contributed by atoms with Crippen LogP contribution in [0.1, 0.15) is 19.3 Å². The average Bonchev–Trinajstić information content (AvgIpc) is 3.36. The van der Waals surface area contributed by atoms with Crippen LogP contribution in [0, 0.1) is 0 Å². The SMILES string of the molecule is N.O=[SH+]([O-])c1ccc(-c2cnn3cc(-c4ccc(OCCN5CCCCC5)nc4)cnc23)c2ccccc12. The number of aromatic nitrogens is 4. The van der Waals surface area contributed by atoms with Crippen LogP contribution < -0.4 is 10.9 Å². The van der Waals surface area contributed by atoms with Gasteiger partial charge in [-0.3, -0.25) is 4.90 Å². The second-order valence-electron chi connectivity index (χ2n) is 9.24. The molecule has 5 aromatic rings. The zero-order chi connectivity index (χ0) is 25.2. The van der Waals surface area contributed by atoms with Gasteiger partial charge in [0.05, 0.1) is 17.3 Å². The smallest absolute Gasteiger partial charge is 0.213 e. The van der Waals surface area contributed by atoms with E-state index in [1.54, 1.807) is 29.2 Å². The summed E-state index contributed by atoms with van der Waals surface area (Å²) in [6, 6.07) is 14.8. The normalized spacial score (nSPS) is 14.9. The molecule has 38 heavy (non-hydrogen) atoms. The minimum absolute atomic E-state index is 0. The van der Waals surface area contributed by atoms with Crippen LogP contribution in [0.25, 0.3) is 38.7 Å². The van der Waals surface area contributed by atoms with Crippen LogP contribution in [0.5, 0.6) is 5.88 Å². The number of nitrogens with zero attached hydrogens (tertiary/aromatic N) is 5. The minimum Gasteiger partial charge on any atom is -0.612 e. The Morgan fingerprint density at radius 2 is 1.66 bits per heavy atom. The van der Waals surface area contributed by atoms with Gasteiger partial charge < -0.3 is 15.4 Å². The van der Waals surface area contributed by atoms with Gasteiger partial charge in [-0.25, -0.2) is 14.5 Å². The molecule has 1 saturated heterocycles. The number of benzene rings is 2. The molecule has 3 aromatic heterocycles. The number of likely N-dealkylation sites (tertiary alicyclic amines) is 1. The van der Waals surface area contributed by atoms with Crippen molar-refractivity contribution in [2.75, 3.05) is 26.2 Å². The first-order chi connectivity index (χ1) is 18.2. The number of thiol groups is 1. The summed E-state index contributed by atoms with van der Waals surface area (Å²) < 4.78 is 31.1. The van der Waals surface area contributed by atoms with Crippen molar-refractivity contribution in [2.45, 2.75) is 24.2 Å². The molecule has 0 amide bonds. The largest absolute Gasteiger partial charge is 0.612 e. The van der Waals surface area contributed by atoms with Crippen molar-refractivity contribution in [1.29, 1.82) is 0 Å². The highest BCUT2D eigenvalue weighted by Crippen LogP contribution is 2.34. The summed E-state index contributed by atoms with van der Waals surface area (Å²) in [5, 5.41) is 6.07. The number of pyridine rings is 1. The molecule has 0 radical (unpaired) electrons. The maximum Gasteiger partial charge on any atom is 0.213 e. The number of piperidine rings is 1. The third kappa shape index (κ3) is 5.16. The van der Waals surface area contributed by atoms with Gasteiger partial charge in [0.1, 0.15) is 6.61 Å². The van der Waals surface area contributed by atoms with Crippen molar-refractivity contribution >= 4 is 27.5 Å². The van der Waals surface area contributed by atoms with E-state index >= 15 is 0 Å². The molecule has 0 aliphatic carbocycles. The van der Waals surface area contributed by atoms with Crippen molar-refractivity contribution in [3.05, 3.63) is 73.3 Å². The summed E-state index contributed by atoms with van der Waals surface area (Å²) in [4.78, 5) is 11.9. The quantitative estimate of drug-likeness (QED) is 0.234. The fraction of sp³-hybridized carbons (Fsp3) is 0.250. The minimum atomic E-state index is -2.69. The first-order valence-electron chi connectivity index (χ1n) is 12.5. The Morgan fingerprint density at radius 3 is 2.42 bits per heavy atom. The molecule has 1 aliphatic rings. The highest BCUT2D eigenvalue weighted by molar-refractivity contribution is 7.79. The molecular weight excluding hydrogens is 500 g/mol. The van der Waals surface area contributed by atoms with Gasteiger partial charge in [0.15, 0.2) is 10.5 Å². The van der Waals surface area contributed by atoms with E-state index in [1.807, 2.05) is 48.7 Å². The predicted octanol–water partition coefficient (Wildman–Crippen LogP) is 4.82. The zero-order valence-corrected chi connectivity index (χ0v) is 21.9. The van der Waals surface area contributed by atoms with Gasteiger partial charge in [0, 0.05) is 53.3 Å². The molecule has 1 fully saturated rings. The van der Waals surface area contributed by atoms with Gasteiger partial charge in [0.25, 0.3) is 0 Å². The molecule has 0 spiro atoms. The lowest BCUT2D eigenvalue weighted by molar-refractivity contribution is 0.180. The summed E-state index contributed by atoms with van der Waals surface area (Å²) in [7, 11) is 0. The fourth-order valence-electron chi connectivity index (χ4n) is 4.99. The average molecular weight is 531 g/mol.